The van der Waals surface area contributed by atoms with Gasteiger partial charge < -0.3 is 9.94 Å². The van der Waals surface area contributed by atoms with Gasteiger partial charge in [0.25, 0.3) is 0 Å². The van der Waals surface area contributed by atoms with E-state index in [1.807, 2.05) is 31.2 Å². The van der Waals surface area contributed by atoms with Crippen molar-refractivity contribution >= 4 is 6.21 Å². The topological polar surface area (TPSA) is 41.8 Å². The fourth-order valence-electron chi connectivity index (χ4n) is 1.89. The van der Waals surface area contributed by atoms with E-state index in [4.69, 9.17) is 9.94 Å². The Morgan fingerprint density at radius 3 is 2.21 bits per heavy atom. The molecule has 0 amide bonds. The molecule has 0 bridgehead atoms. The Morgan fingerprint density at radius 1 is 0.947 bits per heavy atom. The fraction of sp³-hybridized carbons (Fsp3) is 0.188. The highest BCUT2D eigenvalue weighted by molar-refractivity contribution is 5.79. The number of rotatable bonds is 3. The van der Waals surface area contributed by atoms with Crippen LogP contribution in [0.2, 0.25) is 0 Å². The lowest BCUT2D eigenvalue weighted by molar-refractivity contribution is 0.322. The van der Waals surface area contributed by atoms with Crippen molar-refractivity contribution in [3.05, 3.63) is 58.7 Å². The monoisotopic (exact) mass is 255 g/mol. The Bertz CT molecular complexity index is 601. The number of benzene rings is 2. The first-order chi connectivity index (χ1) is 9.11. The number of nitrogens with zero attached hydrogens (tertiary/aromatic N) is 1. The van der Waals surface area contributed by atoms with Gasteiger partial charge in [-0.15, -0.1) is 0 Å². The molecule has 2 rings (SSSR count). The van der Waals surface area contributed by atoms with Crippen LogP contribution >= 0.6 is 0 Å². The minimum Gasteiger partial charge on any atom is -0.457 e. The summed E-state index contributed by atoms with van der Waals surface area (Å²) in [6, 6.07) is 11.6. The van der Waals surface area contributed by atoms with Gasteiger partial charge in [0, 0.05) is 0 Å². The van der Waals surface area contributed by atoms with Crippen LogP contribution < -0.4 is 4.74 Å². The maximum Gasteiger partial charge on any atom is 0.133 e. The van der Waals surface area contributed by atoms with E-state index in [2.05, 4.69) is 31.1 Å². The zero-order valence-electron chi connectivity index (χ0n) is 11.3. The van der Waals surface area contributed by atoms with Gasteiger partial charge in [-0.3, -0.25) is 0 Å². The summed E-state index contributed by atoms with van der Waals surface area (Å²) >= 11 is 0. The van der Waals surface area contributed by atoms with Gasteiger partial charge in [0.15, 0.2) is 0 Å². The maximum atomic E-state index is 8.47. The van der Waals surface area contributed by atoms with Crippen molar-refractivity contribution in [2.24, 2.45) is 5.16 Å². The summed E-state index contributed by atoms with van der Waals surface area (Å²) in [5.74, 6) is 1.68. The van der Waals surface area contributed by atoms with E-state index in [1.54, 1.807) is 0 Å². The molecule has 0 atom stereocenters. The van der Waals surface area contributed by atoms with E-state index >= 15 is 0 Å². The van der Waals surface area contributed by atoms with Crippen molar-refractivity contribution in [2.45, 2.75) is 20.8 Å². The van der Waals surface area contributed by atoms with Crippen LogP contribution in [-0.2, 0) is 0 Å². The van der Waals surface area contributed by atoms with Crippen LogP contribution in [0, 0.1) is 20.8 Å². The highest BCUT2D eigenvalue weighted by Crippen LogP contribution is 2.30. The molecule has 0 aliphatic rings. The number of oxime groups is 1. The molecular formula is C16H17NO2. The summed E-state index contributed by atoms with van der Waals surface area (Å²) in [7, 11) is 0. The third-order valence-electron chi connectivity index (χ3n) is 3.18. The predicted octanol–water partition coefficient (Wildman–Crippen LogP) is 4.21. The van der Waals surface area contributed by atoms with Crippen LogP contribution in [0.3, 0.4) is 0 Å². The molecule has 0 saturated carbocycles. The highest BCUT2D eigenvalue weighted by Gasteiger charge is 2.07. The van der Waals surface area contributed by atoms with Gasteiger partial charge in [0.2, 0.25) is 0 Å². The normalized spacial score (nSPS) is 10.9. The number of aryl methyl sites for hydroxylation is 2. The Labute approximate surface area is 113 Å². The quantitative estimate of drug-likeness (QED) is 0.507. The Balaban J connectivity index is 2.28. The lowest BCUT2D eigenvalue weighted by Crippen LogP contribution is -1.93. The molecule has 0 spiro atoms. The van der Waals surface area contributed by atoms with Gasteiger partial charge in [-0.25, -0.2) is 0 Å². The van der Waals surface area contributed by atoms with E-state index in [-0.39, 0.29) is 0 Å². The molecule has 0 radical (unpaired) electrons. The summed E-state index contributed by atoms with van der Waals surface area (Å²) in [5.41, 5.74) is 4.31. The predicted molar refractivity (Wildman–Crippen MR) is 76.5 cm³/mol. The summed E-state index contributed by atoms with van der Waals surface area (Å²) in [4.78, 5) is 0. The molecule has 0 unspecified atom stereocenters. The van der Waals surface area contributed by atoms with Crippen LogP contribution in [0.15, 0.2) is 41.6 Å². The molecule has 0 heterocycles. The Morgan fingerprint density at radius 2 is 1.58 bits per heavy atom. The van der Waals surface area contributed by atoms with E-state index in [0.29, 0.717) is 0 Å². The Hall–Kier alpha value is -2.29. The van der Waals surface area contributed by atoms with Crippen molar-refractivity contribution in [3.8, 4) is 11.5 Å². The first-order valence-electron chi connectivity index (χ1n) is 6.14. The zero-order chi connectivity index (χ0) is 13.8. The third kappa shape index (κ3) is 2.94. The van der Waals surface area contributed by atoms with Crippen LogP contribution in [0.5, 0.6) is 11.5 Å². The lowest BCUT2D eigenvalue weighted by Gasteiger charge is -2.13. The summed E-state index contributed by atoms with van der Waals surface area (Å²) in [5, 5.41) is 11.5. The summed E-state index contributed by atoms with van der Waals surface area (Å²) < 4.78 is 5.95. The van der Waals surface area contributed by atoms with Crippen molar-refractivity contribution in [3.63, 3.8) is 0 Å². The van der Waals surface area contributed by atoms with Gasteiger partial charge >= 0.3 is 0 Å². The molecule has 0 saturated heterocycles. The van der Waals surface area contributed by atoms with E-state index in [9.17, 15) is 0 Å². The molecular weight excluding hydrogens is 238 g/mol. The minimum atomic E-state index is 0.770. The van der Waals surface area contributed by atoms with E-state index < -0.39 is 0 Å². The number of hydrogen-bond acceptors (Lipinski definition) is 3. The second-order valence-electron chi connectivity index (χ2n) is 4.57. The molecule has 0 aliphatic carbocycles. The molecule has 98 valence electrons. The molecule has 1 N–H and O–H groups in total. The standard InChI is InChI=1S/C16H17NO2/c1-11-4-5-12(2)16(13(11)3)19-15-8-6-14(7-9-15)10-17-18/h4-10,18H,1-3H3. The van der Waals surface area contributed by atoms with Gasteiger partial charge in [0.1, 0.15) is 11.5 Å². The fourth-order valence-corrected chi connectivity index (χ4v) is 1.89. The highest BCUT2D eigenvalue weighted by atomic mass is 16.5. The maximum absolute atomic E-state index is 8.47. The second-order valence-corrected chi connectivity index (χ2v) is 4.57. The smallest absolute Gasteiger partial charge is 0.133 e. The van der Waals surface area contributed by atoms with Crippen molar-refractivity contribution in [1.29, 1.82) is 0 Å². The molecule has 19 heavy (non-hydrogen) atoms. The summed E-state index contributed by atoms with van der Waals surface area (Å²) in [6.45, 7) is 6.17. The zero-order valence-corrected chi connectivity index (χ0v) is 11.3. The molecule has 0 fully saturated rings. The van der Waals surface area contributed by atoms with Crippen molar-refractivity contribution in [1.82, 2.24) is 0 Å². The average molecular weight is 255 g/mol. The molecule has 2 aromatic rings. The minimum absolute atomic E-state index is 0.770. The summed E-state index contributed by atoms with van der Waals surface area (Å²) in [6.07, 6.45) is 1.38. The molecule has 3 heteroatoms. The largest absolute Gasteiger partial charge is 0.457 e. The molecule has 2 aromatic carbocycles. The van der Waals surface area contributed by atoms with Gasteiger partial charge in [-0.05, 0) is 67.3 Å². The van der Waals surface area contributed by atoms with Gasteiger partial charge in [-0.1, -0.05) is 17.3 Å². The molecule has 0 aliphatic heterocycles. The first-order valence-corrected chi connectivity index (χ1v) is 6.14. The average Bonchev–Trinajstić information content (AvgIpc) is 2.41. The first kappa shape index (κ1) is 13.1. The van der Waals surface area contributed by atoms with Crippen LogP contribution in [0.1, 0.15) is 22.3 Å². The molecule has 0 aromatic heterocycles. The van der Waals surface area contributed by atoms with Crippen molar-refractivity contribution < 1.29 is 9.94 Å². The SMILES string of the molecule is Cc1ccc(C)c(Oc2ccc(C=NO)cc2)c1C. The second kappa shape index (κ2) is 5.57. The van der Waals surface area contributed by atoms with Crippen LogP contribution in [0.4, 0.5) is 0 Å². The Kier molecular flexibility index (Phi) is 3.85. The van der Waals surface area contributed by atoms with E-state index in [0.717, 1.165) is 28.2 Å². The third-order valence-corrected chi connectivity index (χ3v) is 3.18. The van der Waals surface area contributed by atoms with E-state index in [1.165, 1.54) is 11.8 Å². The van der Waals surface area contributed by atoms with Crippen LogP contribution in [0.25, 0.3) is 0 Å². The number of ether oxygens (including phenoxy) is 1. The molecule has 3 nitrogen and oxygen atoms in total. The van der Waals surface area contributed by atoms with Gasteiger partial charge in [0.05, 0.1) is 6.21 Å². The number of hydrogen-bond donors (Lipinski definition) is 1. The lowest BCUT2D eigenvalue weighted by atomic mass is 10.1. The van der Waals surface area contributed by atoms with Gasteiger partial charge in [-0.2, -0.15) is 0 Å². The van der Waals surface area contributed by atoms with Crippen LogP contribution in [-0.4, -0.2) is 11.4 Å². The van der Waals surface area contributed by atoms with Crippen molar-refractivity contribution in [2.75, 3.05) is 0 Å².